The van der Waals surface area contributed by atoms with Crippen LogP contribution in [0.5, 0.6) is 5.75 Å². The number of amides is 1. The van der Waals surface area contributed by atoms with Crippen LogP contribution in [0.3, 0.4) is 0 Å². The average molecular weight is 679 g/mol. The number of aromatic hydroxyl groups is 1. The van der Waals surface area contributed by atoms with E-state index >= 15 is 0 Å². The molecule has 0 unspecified atom stereocenters. The normalized spacial score (nSPS) is 32.1. The fraction of sp³-hybridized carbons (Fsp3) is 0.533. The maximum absolute atomic E-state index is 14.4. The van der Waals surface area contributed by atoms with Gasteiger partial charge >= 0.3 is 0 Å². The van der Waals surface area contributed by atoms with Crippen molar-refractivity contribution < 1.29 is 39.6 Å². The number of aliphatic hydroxyl groups excluding tert-OH is 2. The first-order valence-electron chi connectivity index (χ1n) is 13.9. The third-order valence-corrected chi connectivity index (χ3v) is 10.7. The summed E-state index contributed by atoms with van der Waals surface area (Å²) in [5.74, 6) is -9.07. The Labute approximate surface area is 251 Å². The fourth-order valence-electron chi connectivity index (χ4n) is 7.95. The molecule has 11 heteroatoms. The van der Waals surface area contributed by atoms with Crippen LogP contribution in [-0.4, -0.2) is 74.3 Å². The first kappa shape index (κ1) is 29.7. The number of hydrogen-bond acceptors (Lipinski definition) is 9. The largest absolute Gasteiger partial charge is 0.508 e. The predicted molar refractivity (Wildman–Crippen MR) is 157 cm³/mol. The zero-order chi connectivity index (χ0) is 30.1. The lowest BCUT2D eigenvalue weighted by Gasteiger charge is -2.55. The maximum Gasteiger partial charge on any atom is 0.255 e. The molecule has 6 atom stereocenters. The van der Waals surface area contributed by atoms with Crippen molar-refractivity contribution in [1.82, 2.24) is 4.90 Å². The van der Waals surface area contributed by atoms with Crippen LogP contribution in [0.1, 0.15) is 62.5 Å². The molecule has 1 aromatic carbocycles. The molecule has 0 radical (unpaired) electrons. The molecule has 0 bridgehead atoms. The minimum Gasteiger partial charge on any atom is -0.508 e. The number of benzene rings is 1. The van der Waals surface area contributed by atoms with Crippen molar-refractivity contribution in [2.75, 3.05) is 14.1 Å². The molecule has 4 aliphatic carbocycles. The number of phenols is 1. The number of halogens is 1. The van der Waals surface area contributed by atoms with E-state index in [9.17, 15) is 39.6 Å². The van der Waals surface area contributed by atoms with Gasteiger partial charge in [0.15, 0.2) is 11.4 Å². The number of carbonyl (C=O) groups excluding carboxylic acids is 4. The van der Waals surface area contributed by atoms with Crippen molar-refractivity contribution in [2.45, 2.75) is 63.0 Å². The Morgan fingerprint density at radius 2 is 1.73 bits per heavy atom. The molecule has 0 heterocycles. The van der Waals surface area contributed by atoms with E-state index in [0.717, 1.165) is 35.7 Å². The van der Waals surface area contributed by atoms with Crippen molar-refractivity contribution in [3.05, 3.63) is 43.7 Å². The second kappa shape index (κ2) is 10.5. The Bertz CT molecular complexity index is 1430. The molecule has 2 saturated carbocycles. The van der Waals surface area contributed by atoms with Crippen LogP contribution in [0.15, 0.2) is 29.0 Å². The highest BCUT2D eigenvalue weighted by Gasteiger charge is 2.68. The van der Waals surface area contributed by atoms with E-state index in [1.54, 1.807) is 20.2 Å². The van der Waals surface area contributed by atoms with Gasteiger partial charge in [-0.1, -0.05) is 26.2 Å². The molecule has 220 valence electrons. The van der Waals surface area contributed by atoms with Crippen LogP contribution in [0, 0.1) is 27.2 Å². The summed E-state index contributed by atoms with van der Waals surface area (Å²) in [5, 5.41) is 45.8. The highest BCUT2D eigenvalue weighted by Crippen LogP contribution is 2.60. The molecule has 0 spiro atoms. The monoisotopic (exact) mass is 678 g/mol. The molecule has 0 aliphatic heterocycles. The molecule has 0 aromatic heterocycles. The summed E-state index contributed by atoms with van der Waals surface area (Å²) >= 11 is 2.09. The summed E-state index contributed by atoms with van der Waals surface area (Å²) in [6.45, 7) is 1.83. The van der Waals surface area contributed by atoms with Crippen LogP contribution >= 0.6 is 22.6 Å². The number of aliphatic hydroxyl groups is 3. The van der Waals surface area contributed by atoms with Gasteiger partial charge in [-0.25, -0.2) is 0 Å². The highest BCUT2D eigenvalue weighted by molar-refractivity contribution is 14.1. The van der Waals surface area contributed by atoms with Crippen LogP contribution in [-0.2, 0) is 19.2 Å². The van der Waals surface area contributed by atoms with Crippen molar-refractivity contribution >= 4 is 51.6 Å². The third-order valence-electron chi connectivity index (χ3n) is 9.74. The van der Waals surface area contributed by atoms with E-state index in [1.807, 2.05) is 6.92 Å². The number of hydrogen-bond donors (Lipinski definition) is 5. The number of rotatable bonds is 5. The van der Waals surface area contributed by atoms with Gasteiger partial charge in [-0.15, -0.1) is 0 Å². The molecular weight excluding hydrogens is 643 g/mol. The van der Waals surface area contributed by atoms with E-state index in [0.29, 0.717) is 5.56 Å². The minimum absolute atomic E-state index is 0.0399. The van der Waals surface area contributed by atoms with Gasteiger partial charge < -0.3 is 26.2 Å². The number of carbonyl (C=O) groups is 4. The van der Waals surface area contributed by atoms with E-state index in [-0.39, 0.29) is 35.0 Å². The predicted octanol–water partition coefficient (Wildman–Crippen LogP) is 2.90. The first-order chi connectivity index (χ1) is 19.2. The van der Waals surface area contributed by atoms with Crippen LogP contribution in [0.4, 0.5) is 0 Å². The second-order valence-corrected chi connectivity index (χ2v) is 13.2. The van der Waals surface area contributed by atoms with Gasteiger partial charge in [0.2, 0.25) is 5.78 Å². The van der Waals surface area contributed by atoms with Crippen molar-refractivity contribution in [3.63, 3.8) is 0 Å². The van der Waals surface area contributed by atoms with E-state index in [4.69, 9.17) is 5.73 Å². The fourth-order valence-corrected chi connectivity index (χ4v) is 8.89. The zero-order valence-electron chi connectivity index (χ0n) is 23.2. The topological polar surface area (TPSA) is 178 Å². The number of phenolic OH excluding ortho intramolecular Hbond substituents is 1. The van der Waals surface area contributed by atoms with Gasteiger partial charge in [-0.3, -0.25) is 24.1 Å². The molecule has 4 aliphatic rings. The number of primary amides is 1. The average Bonchev–Trinajstić information content (AvgIpc) is 2.91. The Balaban J connectivity index is 1.81. The van der Waals surface area contributed by atoms with E-state index < -0.39 is 69.9 Å². The number of Topliss-reactive ketones (excluding diaryl/α,β-unsaturated/α-hetero) is 3. The number of ketones is 3. The van der Waals surface area contributed by atoms with Crippen molar-refractivity contribution in [2.24, 2.45) is 29.4 Å². The number of nitrogens with two attached hydrogens (primary N) is 1. The molecule has 1 amide bonds. The van der Waals surface area contributed by atoms with Gasteiger partial charge in [0, 0.05) is 33.3 Å². The van der Waals surface area contributed by atoms with Crippen LogP contribution in [0.25, 0.3) is 5.76 Å². The Hall–Kier alpha value is -2.77. The molecule has 10 nitrogen and oxygen atoms in total. The maximum atomic E-state index is 14.4. The summed E-state index contributed by atoms with van der Waals surface area (Å²) in [6.07, 6.45) is 4.18. The lowest BCUT2D eigenvalue weighted by molar-refractivity contribution is -0.163. The van der Waals surface area contributed by atoms with Gasteiger partial charge in [0.05, 0.1) is 11.6 Å². The third kappa shape index (κ3) is 4.25. The minimum atomic E-state index is -2.82. The number of nitrogens with zero attached hydrogens (tertiary/aromatic N) is 1. The molecular formula is C30H35IN2O8. The lowest BCUT2D eigenvalue weighted by atomic mass is 9.50. The molecule has 5 rings (SSSR count). The first-order valence-corrected chi connectivity index (χ1v) is 15.0. The van der Waals surface area contributed by atoms with Gasteiger partial charge in [-0.05, 0) is 79.1 Å². The van der Waals surface area contributed by atoms with E-state index in [2.05, 4.69) is 22.6 Å². The van der Waals surface area contributed by atoms with Crippen molar-refractivity contribution in [3.8, 4) is 5.75 Å². The van der Waals surface area contributed by atoms with Crippen LogP contribution in [0.2, 0.25) is 0 Å². The smallest absolute Gasteiger partial charge is 0.255 e. The number of fused-ring (bicyclic) bond motifs is 3. The van der Waals surface area contributed by atoms with Gasteiger partial charge in [-0.2, -0.15) is 0 Å². The summed E-state index contributed by atoms with van der Waals surface area (Å²) in [4.78, 5) is 55.7. The molecule has 41 heavy (non-hydrogen) atoms. The SMILES string of the molecule is C[C@H]1c2c(I)ccc(O)c2C(O)=C2C(=O)[C@]3(O)C(O)=C(C(N)=O)C(=O)[C@@H](N(C)C)[C@@H]3[C@@H](CC(=O)C3CCCCC3)[C@@H]21. The highest BCUT2D eigenvalue weighted by atomic mass is 127. The molecule has 1 aromatic rings. The lowest BCUT2D eigenvalue weighted by Crippen LogP contribution is -2.69. The molecule has 6 N–H and O–H groups in total. The Kier molecular flexibility index (Phi) is 7.61. The zero-order valence-corrected chi connectivity index (χ0v) is 25.3. The summed E-state index contributed by atoms with van der Waals surface area (Å²) in [7, 11) is 3.11. The summed E-state index contributed by atoms with van der Waals surface area (Å²) in [6, 6.07) is 1.81. The van der Waals surface area contributed by atoms with E-state index in [1.165, 1.54) is 11.0 Å². The Morgan fingerprint density at radius 1 is 1.10 bits per heavy atom. The van der Waals surface area contributed by atoms with Gasteiger partial charge in [0.25, 0.3) is 5.91 Å². The Morgan fingerprint density at radius 3 is 2.32 bits per heavy atom. The quantitative estimate of drug-likeness (QED) is 0.231. The van der Waals surface area contributed by atoms with Gasteiger partial charge in [0.1, 0.15) is 28.6 Å². The molecule has 0 saturated heterocycles. The summed E-state index contributed by atoms with van der Waals surface area (Å²) in [5.41, 5.74) is 2.14. The standard InChI is InChI=1S/C30H35IN2O8/c1-12-18-14(11-17(35)13-7-5-4-6-8-13)23-24(33(2)3)26(37)22(29(32)40)28(39)30(23,41)27(38)21(18)25(36)20-16(34)10-9-15(31)19(12)20/h9-10,12-14,18,23-24,34,36,39,41H,4-8,11H2,1-3H3,(H2,32,40)/t12-,14+,18+,23+,24+,30+/m1/s1. The van der Waals surface area contributed by atoms with Crippen LogP contribution < -0.4 is 5.73 Å². The number of likely N-dealkylation sites (N-methyl/N-ethyl adjacent to an activating group) is 1. The molecule has 2 fully saturated rings. The van der Waals surface area contributed by atoms with Crippen molar-refractivity contribution in [1.29, 1.82) is 0 Å². The second-order valence-electron chi connectivity index (χ2n) is 12.1. The summed E-state index contributed by atoms with van der Waals surface area (Å²) < 4.78 is 0.724.